The molecule has 1 unspecified atom stereocenters. The van der Waals surface area contributed by atoms with Crippen LogP contribution in [0.2, 0.25) is 0 Å². The van der Waals surface area contributed by atoms with Crippen LogP contribution in [0.3, 0.4) is 0 Å². The van der Waals surface area contributed by atoms with Gasteiger partial charge in [-0.1, -0.05) is 39.0 Å². The van der Waals surface area contributed by atoms with Crippen molar-refractivity contribution in [2.75, 3.05) is 0 Å². The molecule has 1 N–H and O–H groups in total. The number of hydrogen-bond acceptors (Lipinski definition) is 2. The molecule has 98 valence electrons. The van der Waals surface area contributed by atoms with Crippen LogP contribution in [-0.4, -0.2) is 5.11 Å². The molecule has 0 aliphatic heterocycles. The van der Waals surface area contributed by atoms with E-state index in [2.05, 4.69) is 20.8 Å². The minimum atomic E-state index is -0.437. The molecule has 0 amide bonds. The van der Waals surface area contributed by atoms with Gasteiger partial charge in [-0.2, -0.15) is 0 Å². The Kier molecular flexibility index (Phi) is 3.49. The lowest BCUT2D eigenvalue weighted by Gasteiger charge is -2.20. The van der Waals surface area contributed by atoms with Gasteiger partial charge in [-0.15, -0.1) is 0 Å². The summed E-state index contributed by atoms with van der Waals surface area (Å²) in [5.41, 5.74) is 2.06. The lowest BCUT2D eigenvalue weighted by molar-refractivity contribution is 0.147. The Labute approximate surface area is 109 Å². The third kappa shape index (κ3) is 2.75. The third-order valence-corrected chi connectivity index (χ3v) is 3.32. The van der Waals surface area contributed by atoms with E-state index in [0.717, 1.165) is 35.1 Å². The maximum atomic E-state index is 10.4. The van der Waals surface area contributed by atoms with Crippen molar-refractivity contribution in [1.82, 2.24) is 0 Å². The zero-order chi connectivity index (χ0) is 13.3. The van der Waals surface area contributed by atoms with E-state index < -0.39 is 6.10 Å². The maximum Gasteiger partial charge on any atom is 0.134 e. The number of fused-ring (bicyclic) bond motifs is 1. The van der Waals surface area contributed by atoms with Gasteiger partial charge in [0.25, 0.3) is 0 Å². The molecule has 0 aliphatic rings. The first-order valence-corrected chi connectivity index (χ1v) is 6.54. The van der Waals surface area contributed by atoms with Crippen LogP contribution in [0.5, 0.6) is 0 Å². The standard InChI is InChI=1S/C16H22O2/c1-11-15(13(17)9-10-16(2,3)4)12-7-5-6-8-14(12)18-11/h5-8,13,17H,9-10H2,1-4H3. The molecule has 1 aromatic carbocycles. The Morgan fingerprint density at radius 1 is 1.22 bits per heavy atom. The van der Waals surface area contributed by atoms with Gasteiger partial charge in [0.1, 0.15) is 11.3 Å². The number of aliphatic hydroxyl groups excluding tert-OH is 1. The van der Waals surface area contributed by atoms with Gasteiger partial charge < -0.3 is 9.52 Å². The summed E-state index contributed by atoms with van der Waals surface area (Å²) in [5, 5.41) is 11.4. The number of rotatable bonds is 3. The van der Waals surface area contributed by atoms with Crippen LogP contribution in [0.25, 0.3) is 11.0 Å². The van der Waals surface area contributed by atoms with Crippen LogP contribution in [0.4, 0.5) is 0 Å². The fourth-order valence-electron chi connectivity index (χ4n) is 2.32. The highest BCUT2D eigenvalue weighted by molar-refractivity contribution is 5.82. The zero-order valence-electron chi connectivity index (χ0n) is 11.7. The normalized spacial score (nSPS) is 14.1. The van der Waals surface area contributed by atoms with Crippen molar-refractivity contribution in [2.45, 2.75) is 46.6 Å². The number of furan rings is 1. The van der Waals surface area contributed by atoms with Gasteiger partial charge in [0.05, 0.1) is 6.10 Å². The average Bonchev–Trinajstić information content (AvgIpc) is 2.61. The van der Waals surface area contributed by atoms with Crippen LogP contribution in [0.1, 0.15) is 51.0 Å². The lowest BCUT2D eigenvalue weighted by atomic mass is 9.87. The maximum absolute atomic E-state index is 10.4. The molecule has 0 spiro atoms. The fourth-order valence-corrected chi connectivity index (χ4v) is 2.32. The lowest BCUT2D eigenvalue weighted by Crippen LogP contribution is -2.08. The summed E-state index contributed by atoms with van der Waals surface area (Å²) >= 11 is 0. The van der Waals surface area contributed by atoms with Crippen molar-refractivity contribution >= 4 is 11.0 Å². The summed E-state index contributed by atoms with van der Waals surface area (Å²) in [6.45, 7) is 8.51. The largest absolute Gasteiger partial charge is 0.461 e. The number of benzene rings is 1. The number of aryl methyl sites for hydroxylation is 1. The van der Waals surface area contributed by atoms with Crippen LogP contribution in [-0.2, 0) is 0 Å². The van der Waals surface area contributed by atoms with Crippen molar-refractivity contribution in [3.05, 3.63) is 35.6 Å². The topological polar surface area (TPSA) is 33.4 Å². The van der Waals surface area contributed by atoms with Gasteiger partial charge in [0.15, 0.2) is 0 Å². The Morgan fingerprint density at radius 2 is 1.89 bits per heavy atom. The second kappa shape index (κ2) is 4.77. The van der Waals surface area contributed by atoms with E-state index >= 15 is 0 Å². The van der Waals surface area contributed by atoms with Gasteiger partial charge >= 0.3 is 0 Å². The molecule has 0 radical (unpaired) electrons. The Morgan fingerprint density at radius 3 is 2.56 bits per heavy atom. The van der Waals surface area contributed by atoms with Crippen molar-refractivity contribution < 1.29 is 9.52 Å². The summed E-state index contributed by atoms with van der Waals surface area (Å²) < 4.78 is 5.69. The molecule has 1 atom stereocenters. The molecule has 2 nitrogen and oxygen atoms in total. The Bertz CT molecular complexity index is 532. The molecule has 0 saturated heterocycles. The first kappa shape index (κ1) is 13.2. The smallest absolute Gasteiger partial charge is 0.134 e. The van der Waals surface area contributed by atoms with Crippen LogP contribution in [0, 0.1) is 12.3 Å². The second-order valence-corrected chi connectivity index (χ2v) is 6.18. The predicted octanol–water partition coefficient (Wildman–Crippen LogP) is 4.60. The summed E-state index contributed by atoms with van der Waals surface area (Å²) in [5.74, 6) is 0.831. The van der Waals surface area contributed by atoms with E-state index in [1.807, 2.05) is 31.2 Å². The molecular weight excluding hydrogens is 224 g/mol. The van der Waals surface area contributed by atoms with E-state index in [-0.39, 0.29) is 5.41 Å². The van der Waals surface area contributed by atoms with Crippen LogP contribution in [0.15, 0.2) is 28.7 Å². The summed E-state index contributed by atoms with van der Waals surface area (Å²) in [6.07, 6.45) is 1.33. The fraction of sp³-hybridized carbons (Fsp3) is 0.500. The first-order valence-electron chi connectivity index (χ1n) is 6.54. The molecule has 0 bridgehead atoms. The van der Waals surface area contributed by atoms with E-state index in [0.29, 0.717) is 0 Å². The minimum Gasteiger partial charge on any atom is -0.461 e. The molecule has 2 rings (SSSR count). The molecule has 0 aliphatic carbocycles. The molecule has 0 saturated carbocycles. The van der Waals surface area contributed by atoms with E-state index in [1.54, 1.807) is 0 Å². The van der Waals surface area contributed by atoms with Gasteiger partial charge in [-0.3, -0.25) is 0 Å². The number of aliphatic hydroxyl groups is 1. The van der Waals surface area contributed by atoms with Crippen molar-refractivity contribution in [3.8, 4) is 0 Å². The predicted molar refractivity (Wildman–Crippen MR) is 74.6 cm³/mol. The van der Waals surface area contributed by atoms with Crippen molar-refractivity contribution in [2.24, 2.45) is 5.41 Å². The van der Waals surface area contributed by atoms with Crippen molar-refractivity contribution in [3.63, 3.8) is 0 Å². The molecule has 2 aromatic rings. The zero-order valence-corrected chi connectivity index (χ0v) is 11.7. The number of para-hydroxylation sites is 1. The highest BCUT2D eigenvalue weighted by Crippen LogP contribution is 2.34. The second-order valence-electron chi connectivity index (χ2n) is 6.18. The Balaban J connectivity index is 2.27. The SMILES string of the molecule is Cc1oc2ccccc2c1C(O)CCC(C)(C)C. The summed E-state index contributed by atoms with van der Waals surface area (Å²) in [6, 6.07) is 7.90. The molecule has 1 heterocycles. The molecule has 2 heteroatoms. The van der Waals surface area contributed by atoms with Crippen LogP contribution >= 0.6 is 0 Å². The quantitative estimate of drug-likeness (QED) is 0.858. The monoisotopic (exact) mass is 246 g/mol. The summed E-state index contributed by atoms with van der Waals surface area (Å²) in [4.78, 5) is 0. The van der Waals surface area contributed by atoms with Crippen LogP contribution < -0.4 is 0 Å². The van der Waals surface area contributed by atoms with E-state index in [9.17, 15) is 5.11 Å². The van der Waals surface area contributed by atoms with Gasteiger partial charge in [-0.05, 0) is 31.2 Å². The van der Waals surface area contributed by atoms with E-state index in [4.69, 9.17) is 4.42 Å². The summed E-state index contributed by atoms with van der Waals surface area (Å²) in [7, 11) is 0. The van der Waals surface area contributed by atoms with E-state index in [1.165, 1.54) is 0 Å². The minimum absolute atomic E-state index is 0.244. The van der Waals surface area contributed by atoms with Gasteiger partial charge in [0, 0.05) is 10.9 Å². The number of hydrogen-bond donors (Lipinski definition) is 1. The molecular formula is C16H22O2. The van der Waals surface area contributed by atoms with Crippen molar-refractivity contribution in [1.29, 1.82) is 0 Å². The van der Waals surface area contributed by atoms with Gasteiger partial charge in [-0.25, -0.2) is 0 Å². The molecule has 18 heavy (non-hydrogen) atoms. The highest BCUT2D eigenvalue weighted by Gasteiger charge is 2.20. The first-order chi connectivity index (χ1) is 8.38. The average molecular weight is 246 g/mol. The highest BCUT2D eigenvalue weighted by atomic mass is 16.3. The Hall–Kier alpha value is -1.28. The molecule has 0 fully saturated rings. The third-order valence-electron chi connectivity index (χ3n) is 3.32. The molecule has 1 aromatic heterocycles. The van der Waals surface area contributed by atoms with Gasteiger partial charge in [0.2, 0.25) is 0 Å².